The van der Waals surface area contributed by atoms with Crippen molar-refractivity contribution < 1.29 is 14.3 Å². The van der Waals surface area contributed by atoms with Gasteiger partial charge in [0.25, 0.3) is 5.91 Å². The van der Waals surface area contributed by atoms with E-state index in [1.807, 2.05) is 18.2 Å². The van der Waals surface area contributed by atoms with Crippen molar-refractivity contribution in [3.63, 3.8) is 0 Å². The van der Waals surface area contributed by atoms with Crippen molar-refractivity contribution in [3.05, 3.63) is 34.3 Å². The zero-order valence-corrected chi connectivity index (χ0v) is 12.4. The molecule has 1 saturated carbocycles. The molecule has 0 radical (unpaired) electrons. The lowest BCUT2D eigenvalue weighted by Gasteiger charge is -2.21. The second-order valence-electron chi connectivity index (χ2n) is 4.45. The minimum atomic E-state index is -0.352. The van der Waals surface area contributed by atoms with Crippen LogP contribution >= 0.6 is 15.9 Å². The number of halogens is 1. The van der Waals surface area contributed by atoms with Crippen molar-refractivity contribution in [2.75, 3.05) is 13.2 Å². The van der Waals surface area contributed by atoms with Gasteiger partial charge in [-0.15, -0.1) is 0 Å². The third kappa shape index (κ3) is 3.56. The normalized spacial score (nSPS) is 14.0. The molecule has 1 aromatic carbocycles. The Morgan fingerprint density at radius 3 is 2.63 bits per heavy atom. The zero-order chi connectivity index (χ0) is 13.8. The number of esters is 1. The summed E-state index contributed by atoms with van der Waals surface area (Å²) in [5.41, 5.74) is 0.582. The van der Waals surface area contributed by atoms with Crippen LogP contribution in [-0.2, 0) is 9.53 Å². The van der Waals surface area contributed by atoms with E-state index in [0.717, 1.165) is 17.3 Å². The minimum Gasteiger partial charge on any atom is -0.465 e. The summed E-state index contributed by atoms with van der Waals surface area (Å²) in [7, 11) is 0. The van der Waals surface area contributed by atoms with E-state index in [4.69, 9.17) is 4.74 Å². The van der Waals surface area contributed by atoms with E-state index in [-0.39, 0.29) is 24.5 Å². The Bertz CT molecular complexity index is 485. The van der Waals surface area contributed by atoms with E-state index in [0.29, 0.717) is 12.2 Å². The van der Waals surface area contributed by atoms with Crippen molar-refractivity contribution in [1.82, 2.24) is 4.90 Å². The molecule has 1 fully saturated rings. The Balaban J connectivity index is 2.13. The molecule has 0 atom stereocenters. The van der Waals surface area contributed by atoms with E-state index in [1.54, 1.807) is 17.9 Å². The molecule has 0 saturated heterocycles. The number of carbonyl (C=O) groups excluding carboxylic acids is 2. The molecular formula is C14H16BrNO3. The second-order valence-corrected chi connectivity index (χ2v) is 5.30. The average Bonchev–Trinajstić information content (AvgIpc) is 3.20. The lowest BCUT2D eigenvalue weighted by molar-refractivity contribution is -0.144. The van der Waals surface area contributed by atoms with Crippen LogP contribution in [-0.4, -0.2) is 36.0 Å². The SMILES string of the molecule is CCOC(=O)CN(C(=O)c1ccccc1Br)C1CC1. The third-order valence-electron chi connectivity index (χ3n) is 2.96. The van der Waals surface area contributed by atoms with Gasteiger partial charge in [-0.05, 0) is 47.8 Å². The third-order valence-corrected chi connectivity index (χ3v) is 3.65. The van der Waals surface area contributed by atoms with Crippen LogP contribution in [0.5, 0.6) is 0 Å². The molecule has 0 heterocycles. The number of benzene rings is 1. The van der Waals surface area contributed by atoms with Gasteiger partial charge in [-0.3, -0.25) is 9.59 Å². The van der Waals surface area contributed by atoms with Crippen LogP contribution in [0.1, 0.15) is 30.1 Å². The zero-order valence-electron chi connectivity index (χ0n) is 10.8. The van der Waals surface area contributed by atoms with E-state index >= 15 is 0 Å². The number of hydrogen-bond acceptors (Lipinski definition) is 3. The fourth-order valence-electron chi connectivity index (χ4n) is 1.89. The maximum Gasteiger partial charge on any atom is 0.325 e. The molecule has 19 heavy (non-hydrogen) atoms. The quantitative estimate of drug-likeness (QED) is 0.782. The van der Waals surface area contributed by atoms with Gasteiger partial charge in [0.05, 0.1) is 12.2 Å². The summed E-state index contributed by atoms with van der Waals surface area (Å²) in [6, 6.07) is 7.42. The second kappa shape index (κ2) is 6.19. The standard InChI is InChI=1S/C14H16BrNO3/c1-2-19-13(17)9-16(10-7-8-10)14(18)11-5-3-4-6-12(11)15/h3-6,10H,2,7-9H2,1H3. The summed E-state index contributed by atoms with van der Waals surface area (Å²) in [5, 5.41) is 0. The van der Waals surface area contributed by atoms with Crippen LogP contribution in [0.2, 0.25) is 0 Å². The summed E-state index contributed by atoms with van der Waals surface area (Å²) < 4.78 is 5.67. The lowest BCUT2D eigenvalue weighted by atomic mass is 10.2. The smallest absolute Gasteiger partial charge is 0.325 e. The molecule has 0 bridgehead atoms. The number of amides is 1. The number of carbonyl (C=O) groups is 2. The monoisotopic (exact) mass is 325 g/mol. The minimum absolute atomic E-state index is 0.0265. The summed E-state index contributed by atoms with van der Waals surface area (Å²) >= 11 is 3.37. The van der Waals surface area contributed by atoms with Gasteiger partial charge in [-0.1, -0.05) is 12.1 Å². The average molecular weight is 326 g/mol. The van der Waals surface area contributed by atoms with E-state index in [2.05, 4.69) is 15.9 Å². The Labute approximate surface area is 120 Å². The molecule has 5 heteroatoms. The summed E-state index contributed by atoms with van der Waals surface area (Å²) in [6.45, 7) is 2.12. The highest BCUT2D eigenvalue weighted by atomic mass is 79.9. The molecule has 0 unspecified atom stereocenters. The summed E-state index contributed by atoms with van der Waals surface area (Å²) in [5.74, 6) is -0.474. The number of rotatable bonds is 5. The van der Waals surface area contributed by atoms with Crippen LogP contribution < -0.4 is 0 Å². The van der Waals surface area contributed by atoms with Gasteiger partial charge < -0.3 is 9.64 Å². The molecule has 0 N–H and O–H groups in total. The predicted molar refractivity (Wildman–Crippen MR) is 74.8 cm³/mol. The van der Waals surface area contributed by atoms with Gasteiger partial charge in [-0.2, -0.15) is 0 Å². The molecule has 2 rings (SSSR count). The largest absolute Gasteiger partial charge is 0.465 e. The van der Waals surface area contributed by atoms with Gasteiger partial charge in [0.1, 0.15) is 6.54 Å². The Kier molecular flexibility index (Phi) is 4.58. The molecule has 102 valence electrons. The number of ether oxygens (including phenoxy) is 1. The highest BCUT2D eigenvalue weighted by molar-refractivity contribution is 9.10. The fourth-order valence-corrected chi connectivity index (χ4v) is 2.34. The predicted octanol–water partition coefficient (Wildman–Crippen LogP) is 2.62. The van der Waals surface area contributed by atoms with E-state index in [1.165, 1.54) is 0 Å². The van der Waals surface area contributed by atoms with E-state index < -0.39 is 0 Å². The highest BCUT2D eigenvalue weighted by Gasteiger charge is 2.35. The maximum absolute atomic E-state index is 12.5. The molecule has 1 amide bonds. The van der Waals surface area contributed by atoms with Gasteiger partial charge in [0, 0.05) is 10.5 Å². The molecule has 0 aromatic heterocycles. The Morgan fingerprint density at radius 2 is 2.05 bits per heavy atom. The lowest BCUT2D eigenvalue weighted by Crippen LogP contribution is -2.38. The first-order valence-corrected chi connectivity index (χ1v) is 7.14. The van der Waals surface area contributed by atoms with Gasteiger partial charge in [-0.25, -0.2) is 0 Å². The molecule has 1 aliphatic rings. The van der Waals surface area contributed by atoms with Crippen molar-refractivity contribution in [2.45, 2.75) is 25.8 Å². The molecule has 0 spiro atoms. The summed E-state index contributed by atoms with van der Waals surface area (Å²) in [6.07, 6.45) is 1.91. The summed E-state index contributed by atoms with van der Waals surface area (Å²) in [4.78, 5) is 25.7. The van der Waals surface area contributed by atoms with Crippen LogP contribution in [0.3, 0.4) is 0 Å². The van der Waals surface area contributed by atoms with Crippen molar-refractivity contribution >= 4 is 27.8 Å². The van der Waals surface area contributed by atoms with E-state index in [9.17, 15) is 9.59 Å². The number of hydrogen-bond donors (Lipinski definition) is 0. The maximum atomic E-state index is 12.5. The van der Waals surface area contributed by atoms with Crippen LogP contribution in [0.25, 0.3) is 0 Å². The van der Waals surface area contributed by atoms with Crippen LogP contribution in [0, 0.1) is 0 Å². The first-order chi connectivity index (χ1) is 9.13. The Hall–Kier alpha value is -1.36. The first-order valence-electron chi connectivity index (χ1n) is 6.34. The van der Waals surface area contributed by atoms with Gasteiger partial charge in [0.15, 0.2) is 0 Å². The number of nitrogens with zero attached hydrogens (tertiary/aromatic N) is 1. The molecule has 1 aliphatic carbocycles. The van der Waals surface area contributed by atoms with Gasteiger partial charge >= 0.3 is 5.97 Å². The van der Waals surface area contributed by atoms with Gasteiger partial charge in [0.2, 0.25) is 0 Å². The Morgan fingerprint density at radius 1 is 1.37 bits per heavy atom. The van der Waals surface area contributed by atoms with Crippen molar-refractivity contribution in [1.29, 1.82) is 0 Å². The molecule has 0 aliphatic heterocycles. The fraction of sp³-hybridized carbons (Fsp3) is 0.429. The molecular weight excluding hydrogens is 310 g/mol. The van der Waals surface area contributed by atoms with Crippen LogP contribution in [0.15, 0.2) is 28.7 Å². The van der Waals surface area contributed by atoms with Crippen molar-refractivity contribution in [2.24, 2.45) is 0 Å². The highest BCUT2D eigenvalue weighted by Crippen LogP contribution is 2.29. The first kappa shape index (κ1) is 14.1. The molecule has 4 nitrogen and oxygen atoms in total. The van der Waals surface area contributed by atoms with Crippen molar-refractivity contribution in [3.8, 4) is 0 Å². The molecule has 1 aromatic rings. The van der Waals surface area contributed by atoms with Crippen LogP contribution in [0.4, 0.5) is 0 Å². The topological polar surface area (TPSA) is 46.6 Å².